The SMILES string of the molecule is COc1ccc(OC)c(S(=O)(=O)N2CCN(c3nc4ccccc4n4cccc34)CC2)c1. The molecule has 0 spiro atoms. The van der Waals surface area contributed by atoms with Crippen molar-refractivity contribution in [2.75, 3.05) is 45.3 Å². The molecule has 32 heavy (non-hydrogen) atoms. The number of methoxy groups -OCH3 is 2. The van der Waals surface area contributed by atoms with Crippen LogP contribution in [0, 0.1) is 0 Å². The van der Waals surface area contributed by atoms with E-state index in [2.05, 4.69) is 9.30 Å². The Kier molecular flexibility index (Phi) is 5.15. The third-order valence-corrected chi connectivity index (χ3v) is 7.79. The van der Waals surface area contributed by atoms with Gasteiger partial charge in [0.25, 0.3) is 0 Å². The van der Waals surface area contributed by atoms with Gasteiger partial charge in [0.2, 0.25) is 10.0 Å². The van der Waals surface area contributed by atoms with E-state index in [9.17, 15) is 8.42 Å². The average molecular weight is 453 g/mol. The predicted octanol–water partition coefficient (Wildman–Crippen LogP) is 3.02. The summed E-state index contributed by atoms with van der Waals surface area (Å²) in [5.41, 5.74) is 2.96. The fraction of sp³-hybridized carbons (Fsp3) is 0.261. The van der Waals surface area contributed by atoms with Crippen LogP contribution >= 0.6 is 0 Å². The summed E-state index contributed by atoms with van der Waals surface area (Å²) < 4.78 is 40.9. The number of rotatable bonds is 5. The lowest BCUT2D eigenvalue weighted by atomic mass is 10.2. The molecule has 1 fully saturated rings. The van der Waals surface area contributed by atoms with Crippen LogP contribution in [0.3, 0.4) is 0 Å². The highest BCUT2D eigenvalue weighted by Crippen LogP contribution is 2.32. The Morgan fingerprint density at radius 1 is 0.875 bits per heavy atom. The number of piperazine rings is 1. The normalized spacial score (nSPS) is 15.4. The number of hydrogen-bond acceptors (Lipinski definition) is 6. The molecule has 4 aromatic rings. The largest absolute Gasteiger partial charge is 0.497 e. The highest BCUT2D eigenvalue weighted by atomic mass is 32.2. The molecule has 166 valence electrons. The van der Waals surface area contributed by atoms with Crippen molar-refractivity contribution in [2.24, 2.45) is 0 Å². The molecule has 0 radical (unpaired) electrons. The Bertz CT molecular complexity index is 1390. The first kappa shape index (κ1) is 20.6. The maximum Gasteiger partial charge on any atom is 0.247 e. The third kappa shape index (κ3) is 3.34. The number of para-hydroxylation sites is 2. The molecule has 3 heterocycles. The first-order chi connectivity index (χ1) is 15.5. The summed E-state index contributed by atoms with van der Waals surface area (Å²) in [6.07, 6.45) is 2.03. The molecule has 1 aliphatic rings. The summed E-state index contributed by atoms with van der Waals surface area (Å²) in [6.45, 7) is 1.78. The Labute approximate surface area is 186 Å². The molecule has 2 aromatic carbocycles. The Hall–Kier alpha value is -3.30. The van der Waals surface area contributed by atoms with E-state index in [4.69, 9.17) is 14.5 Å². The van der Waals surface area contributed by atoms with Crippen LogP contribution in [0.2, 0.25) is 0 Å². The second-order valence-electron chi connectivity index (χ2n) is 7.60. The molecule has 0 N–H and O–H groups in total. The van der Waals surface area contributed by atoms with E-state index in [-0.39, 0.29) is 4.90 Å². The van der Waals surface area contributed by atoms with Gasteiger partial charge in [0.15, 0.2) is 5.82 Å². The minimum Gasteiger partial charge on any atom is -0.497 e. The van der Waals surface area contributed by atoms with Gasteiger partial charge in [0, 0.05) is 38.4 Å². The van der Waals surface area contributed by atoms with Gasteiger partial charge in [-0.25, -0.2) is 13.4 Å². The lowest BCUT2D eigenvalue weighted by Gasteiger charge is -2.35. The summed E-state index contributed by atoms with van der Waals surface area (Å²) in [5, 5.41) is 0. The molecular formula is C23H24N4O4S. The molecule has 0 aliphatic carbocycles. The Morgan fingerprint density at radius 2 is 1.62 bits per heavy atom. The second-order valence-corrected chi connectivity index (χ2v) is 9.50. The molecule has 9 heteroatoms. The third-order valence-electron chi connectivity index (χ3n) is 5.87. The molecular weight excluding hydrogens is 428 g/mol. The van der Waals surface area contributed by atoms with Gasteiger partial charge in [-0.2, -0.15) is 4.31 Å². The topological polar surface area (TPSA) is 76.4 Å². The number of nitrogens with zero attached hydrogens (tertiary/aromatic N) is 4. The van der Waals surface area contributed by atoms with Crippen molar-refractivity contribution in [1.82, 2.24) is 13.7 Å². The molecule has 1 aliphatic heterocycles. The van der Waals surface area contributed by atoms with Gasteiger partial charge in [-0.05, 0) is 36.4 Å². The van der Waals surface area contributed by atoms with Gasteiger partial charge >= 0.3 is 0 Å². The molecule has 2 aromatic heterocycles. The van der Waals surface area contributed by atoms with Crippen molar-refractivity contribution in [3.63, 3.8) is 0 Å². The van der Waals surface area contributed by atoms with Crippen molar-refractivity contribution in [3.05, 3.63) is 60.8 Å². The standard InChI is InChI=1S/C23H24N4O4S/c1-30-17-9-10-21(31-2)22(16-17)32(28,29)26-14-12-25(13-15-26)23-20-8-5-11-27(20)19-7-4-3-6-18(19)24-23/h3-11,16H,12-15H2,1-2H3. The van der Waals surface area contributed by atoms with Crippen molar-refractivity contribution < 1.29 is 17.9 Å². The van der Waals surface area contributed by atoms with Gasteiger partial charge in [-0.1, -0.05) is 12.1 Å². The number of benzene rings is 2. The monoisotopic (exact) mass is 452 g/mol. The predicted molar refractivity (Wildman–Crippen MR) is 123 cm³/mol. The van der Waals surface area contributed by atoms with Crippen LogP contribution in [0.4, 0.5) is 5.82 Å². The smallest absolute Gasteiger partial charge is 0.247 e. The summed E-state index contributed by atoms with van der Waals surface area (Å²) in [6, 6.07) is 16.9. The summed E-state index contributed by atoms with van der Waals surface area (Å²) in [5.74, 6) is 1.64. The first-order valence-electron chi connectivity index (χ1n) is 10.4. The molecule has 0 bridgehead atoms. The molecule has 0 unspecified atom stereocenters. The highest BCUT2D eigenvalue weighted by molar-refractivity contribution is 7.89. The van der Waals surface area contributed by atoms with Gasteiger partial charge < -0.3 is 18.8 Å². The Balaban J connectivity index is 1.44. The summed E-state index contributed by atoms with van der Waals surface area (Å²) in [4.78, 5) is 7.16. The van der Waals surface area contributed by atoms with Crippen LogP contribution in [0.15, 0.2) is 65.7 Å². The minimum absolute atomic E-state index is 0.116. The van der Waals surface area contributed by atoms with Gasteiger partial charge in [-0.15, -0.1) is 0 Å². The van der Waals surface area contributed by atoms with Crippen molar-refractivity contribution in [1.29, 1.82) is 0 Å². The number of ether oxygens (including phenoxy) is 2. The van der Waals surface area contributed by atoms with Crippen LogP contribution in [-0.4, -0.2) is 62.5 Å². The number of sulfonamides is 1. The minimum atomic E-state index is -3.73. The molecule has 0 saturated carbocycles. The van der Waals surface area contributed by atoms with E-state index in [0.29, 0.717) is 37.7 Å². The number of hydrogen-bond donors (Lipinski definition) is 0. The zero-order chi connectivity index (χ0) is 22.3. The molecule has 0 amide bonds. The fourth-order valence-electron chi connectivity index (χ4n) is 4.20. The van der Waals surface area contributed by atoms with Crippen LogP contribution in [0.5, 0.6) is 11.5 Å². The Morgan fingerprint density at radius 3 is 2.38 bits per heavy atom. The van der Waals surface area contributed by atoms with Gasteiger partial charge in [-0.3, -0.25) is 0 Å². The van der Waals surface area contributed by atoms with Crippen molar-refractivity contribution >= 4 is 32.4 Å². The molecule has 5 rings (SSSR count). The summed E-state index contributed by atoms with van der Waals surface area (Å²) >= 11 is 0. The lowest BCUT2D eigenvalue weighted by Crippen LogP contribution is -2.49. The zero-order valence-corrected chi connectivity index (χ0v) is 18.7. The molecule has 0 atom stereocenters. The average Bonchev–Trinajstić information content (AvgIpc) is 3.33. The maximum absolute atomic E-state index is 13.4. The first-order valence-corrected chi connectivity index (χ1v) is 11.8. The van der Waals surface area contributed by atoms with E-state index in [0.717, 1.165) is 22.4 Å². The maximum atomic E-state index is 13.4. The second kappa shape index (κ2) is 7.99. The van der Waals surface area contributed by atoms with E-state index < -0.39 is 10.0 Å². The van der Waals surface area contributed by atoms with Gasteiger partial charge in [0.05, 0.1) is 30.8 Å². The number of aromatic nitrogens is 2. The zero-order valence-electron chi connectivity index (χ0n) is 17.9. The van der Waals surface area contributed by atoms with E-state index >= 15 is 0 Å². The molecule has 8 nitrogen and oxygen atoms in total. The van der Waals surface area contributed by atoms with Crippen LogP contribution < -0.4 is 14.4 Å². The van der Waals surface area contributed by atoms with E-state index in [1.807, 2.05) is 42.6 Å². The number of anilines is 1. The van der Waals surface area contributed by atoms with Crippen LogP contribution in [-0.2, 0) is 10.0 Å². The van der Waals surface area contributed by atoms with Crippen molar-refractivity contribution in [2.45, 2.75) is 4.90 Å². The van der Waals surface area contributed by atoms with E-state index in [1.54, 1.807) is 12.1 Å². The highest BCUT2D eigenvalue weighted by Gasteiger charge is 2.32. The van der Waals surface area contributed by atoms with Gasteiger partial charge in [0.1, 0.15) is 16.4 Å². The quantitative estimate of drug-likeness (QED) is 0.463. The molecule has 1 saturated heterocycles. The number of fused-ring (bicyclic) bond motifs is 3. The van der Waals surface area contributed by atoms with Crippen LogP contribution in [0.25, 0.3) is 16.6 Å². The van der Waals surface area contributed by atoms with Crippen molar-refractivity contribution in [3.8, 4) is 11.5 Å². The fourth-order valence-corrected chi connectivity index (χ4v) is 5.80. The van der Waals surface area contributed by atoms with E-state index in [1.165, 1.54) is 24.6 Å². The van der Waals surface area contributed by atoms with Crippen LogP contribution in [0.1, 0.15) is 0 Å². The lowest BCUT2D eigenvalue weighted by molar-refractivity contribution is 0.370. The summed E-state index contributed by atoms with van der Waals surface area (Å²) in [7, 11) is -0.758.